The van der Waals surface area contributed by atoms with Crippen molar-refractivity contribution in [3.63, 3.8) is 0 Å². The number of fused-ring (bicyclic) bond motifs is 1. The maximum absolute atomic E-state index is 13.3. The fourth-order valence-corrected chi connectivity index (χ4v) is 4.99. The first-order chi connectivity index (χ1) is 15.2. The summed E-state index contributed by atoms with van der Waals surface area (Å²) in [6.45, 7) is 10.5. The fraction of sp³-hybridized carbons (Fsp3) is 0.481. The normalized spacial score (nSPS) is 19.5. The summed E-state index contributed by atoms with van der Waals surface area (Å²) in [5.74, 6) is 0.408. The molecule has 0 saturated heterocycles. The summed E-state index contributed by atoms with van der Waals surface area (Å²) in [5, 5.41) is 4.46. The molecule has 2 unspecified atom stereocenters. The van der Waals surface area contributed by atoms with Crippen LogP contribution in [0.5, 0.6) is 0 Å². The van der Waals surface area contributed by atoms with Crippen molar-refractivity contribution in [2.45, 2.75) is 83.7 Å². The molecule has 1 aliphatic rings. The average molecular weight is 433 g/mol. The number of aromatic nitrogens is 2. The second-order valence-electron chi connectivity index (χ2n) is 10.2. The number of pyridine rings is 1. The Balaban J connectivity index is 1.70. The highest BCUT2D eigenvalue weighted by Crippen LogP contribution is 2.38. The van der Waals surface area contributed by atoms with Crippen LogP contribution >= 0.6 is 0 Å². The molecule has 32 heavy (non-hydrogen) atoms. The monoisotopic (exact) mass is 432 g/mol. The SMILES string of the molecule is Cc1cc(-c2[nH]c3ccc(C(C)(C)C(=O)NC4CCCC(N)C4)cc3c2C(C)C)ccn1. The van der Waals surface area contributed by atoms with Gasteiger partial charge in [-0.2, -0.15) is 0 Å². The van der Waals surface area contributed by atoms with Crippen LogP contribution in [0.4, 0.5) is 0 Å². The van der Waals surface area contributed by atoms with Gasteiger partial charge in [0.05, 0.1) is 11.1 Å². The van der Waals surface area contributed by atoms with E-state index in [0.29, 0.717) is 5.92 Å². The molecule has 2 atom stereocenters. The molecule has 1 amide bonds. The van der Waals surface area contributed by atoms with Gasteiger partial charge in [0.1, 0.15) is 0 Å². The Bertz CT molecular complexity index is 1130. The van der Waals surface area contributed by atoms with Crippen LogP contribution in [-0.2, 0) is 10.2 Å². The summed E-state index contributed by atoms with van der Waals surface area (Å²) in [4.78, 5) is 21.3. The van der Waals surface area contributed by atoms with E-state index in [-0.39, 0.29) is 18.0 Å². The first-order valence-corrected chi connectivity index (χ1v) is 11.8. The van der Waals surface area contributed by atoms with Gasteiger partial charge >= 0.3 is 0 Å². The van der Waals surface area contributed by atoms with Crippen LogP contribution < -0.4 is 11.1 Å². The number of rotatable bonds is 5. The van der Waals surface area contributed by atoms with E-state index in [1.165, 1.54) is 10.9 Å². The lowest BCUT2D eigenvalue weighted by molar-refractivity contribution is -0.126. The highest BCUT2D eigenvalue weighted by molar-refractivity contribution is 5.94. The highest BCUT2D eigenvalue weighted by Gasteiger charge is 2.33. The standard InChI is InChI=1S/C27H36N4O/c1-16(2)24-22-14-19(27(4,5)26(32)30-21-8-6-7-20(28)15-21)9-10-23(22)31-25(24)18-11-12-29-17(3)13-18/h9-14,16,20-21,31H,6-8,15,28H2,1-5H3,(H,30,32). The van der Waals surface area contributed by atoms with Gasteiger partial charge in [0, 0.05) is 40.4 Å². The number of aromatic amines is 1. The molecular formula is C27H36N4O. The zero-order valence-electron chi connectivity index (χ0n) is 20.0. The van der Waals surface area contributed by atoms with Crippen molar-refractivity contribution in [1.82, 2.24) is 15.3 Å². The van der Waals surface area contributed by atoms with Gasteiger partial charge in [0.2, 0.25) is 5.91 Å². The number of benzene rings is 1. The minimum Gasteiger partial charge on any atom is -0.354 e. The molecule has 5 heteroatoms. The van der Waals surface area contributed by atoms with E-state index in [1.54, 1.807) is 0 Å². The third-order valence-corrected chi connectivity index (χ3v) is 6.94. The lowest BCUT2D eigenvalue weighted by Gasteiger charge is -2.31. The first kappa shape index (κ1) is 22.5. The van der Waals surface area contributed by atoms with Gasteiger partial charge in [0.25, 0.3) is 0 Å². The van der Waals surface area contributed by atoms with Gasteiger partial charge < -0.3 is 16.0 Å². The third kappa shape index (κ3) is 4.31. The number of amides is 1. The smallest absolute Gasteiger partial charge is 0.230 e. The number of nitrogens with one attached hydrogen (secondary N) is 2. The van der Waals surface area contributed by atoms with Crippen LogP contribution in [0.3, 0.4) is 0 Å². The molecule has 0 bridgehead atoms. The van der Waals surface area contributed by atoms with Crippen molar-refractivity contribution in [3.05, 3.63) is 53.3 Å². The molecule has 1 aliphatic carbocycles. The maximum Gasteiger partial charge on any atom is 0.230 e. The van der Waals surface area contributed by atoms with Crippen LogP contribution in [0.1, 0.15) is 76.1 Å². The fourth-order valence-electron chi connectivity index (χ4n) is 4.99. The number of hydrogen-bond acceptors (Lipinski definition) is 3. The van der Waals surface area contributed by atoms with Gasteiger partial charge in [-0.3, -0.25) is 9.78 Å². The Morgan fingerprint density at radius 1 is 1.22 bits per heavy atom. The number of H-pyrrole nitrogens is 1. The molecule has 2 aromatic heterocycles. The molecule has 5 nitrogen and oxygen atoms in total. The Morgan fingerprint density at radius 2 is 2.00 bits per heavy atom. The Hall–Kier alpha value is -2.66. The maximum atomic E-state index is 13.3. The van der Waals surface area contributed by atoms with E-state index in [9.17, 15) is 4.79 Å². The van der Waals surface area contributed by atoms with Crippen molar-refractivity contribution in [2.75, 3.05) is 0 Å². The second-order valence-corrected chi connectivity index (χ2v) is 10.2. The van der Waals surface area contributed by atoms with Crippen molar-refractivity contribution in [1.29, 1.82) is 0 Å². The summed E-state index contributed by atoms with van der Waals surface area (Å²) >= 11 is 0. The predicted octanol–water partition coefficient (Wildman–Crippen LogP) is 5.33. The molecule has 3 aromatic rings. The van der Waals surface area contributed by atoms with Crippen LogP contribution in [0.15, 0.2) is 36.5 Å². The lowest BCUT2D eigenvalue weighted by Crippen LogP contribution is -2.48. The molecule has 1 fully saturated rings. The Kier molecular flexibility index (Phi) is 6.13. The second kappa shape index (κ2) is 8.70. The van der Waals surface area contributed by atoms with Crippen LogP contribution in [0.25, 0.3) is 22.2 Å². The molecule has 0 spiro atoms. The molecule has 4 rings (SSSR count). The molecule has 1 saturated carbocycles. The number of carbonyl (C=O) groups is 1. The predicted molar refractivity (Wildman–Crippen MR) is 132 cm³/mol. The molecule has 0 radical (unpaired) electrons. The number of aryl methyl sites for hydroxylation is 1. The largest absolute Gasteiger partial charge is 0.354 e. The molecule has 170 valence electrons. The molecule has 2 heterocycles. The van der Waals surface area contributed by atoms with E-state index in [1.807, 2.05) is 27.0 Å². The molecule has 0 aliphatic heterocycles. The van der Waals surface area contributed by atoms with Crippen molar-refractivity contribution in [3.8, 4) is 11.3 Å². The topological polar surface area (TPSA) is 83.8 Å². The van der Waals surface area contributed by atoms with Gasteiger partial charge in [-0.25, -0.2) is 0 Å². The highest BCUT2D eigenvalue weighted by atomic mass is 16.2. The van der Waals surface area contributed by atoms with Crippen molar-refractivity contribution in [2.24, 2.45) is 5.73 Å². The van der Waals surface area contributed by atoms with Crippen molar-refractivity contribution < 1.29 is 4.79 Å². The number of hydrogen-bond donors (Lipinski definition) is 3. The average Bonchev–Trinajstić information content (AvgIpc) is 3.13. The minimum absolute atomic E-state index is 0.0718. The van der Waals surface area contributed by atoms with Gasteiger partial charge in [-0.1, -0.05) is 19.9 Å². The zero-order chi connectivity index (χ0) is 23.0. The number of carbonyl (C=O) groups excluding carboxylic acids is 1. The van der Waals surface area contributed by atoms with E-state index in [4.69, 9.17) is 5.73 Å². The van der Waals surface area contributed by atoms with Gasteiger partial charge in [0.15, 0.2) is 0 Å². The van der Waals surface area contributed by atoms with Crippen molar-refractivity contribution >= 4 is 16.8 Å². The van der Waals surface area contributed by atoms with E-state index in [0.717, 1.165) is 53.7 Å². The first-order valence-electron chi connectivity index (χ1n) is 11.8. The summed E-state index contributed by atoms with van der Waals surface area (Å²) in [6, 6.07) is 10.9. The number of nitrogens with zero attached hydrogens (tertiary/aromatic N) is 1. The summed E-state index contributed by atoms with van der Waals surface area (Å²) in [7, 11) is 0. The quantitative estimate of drug-likeness (QED) is 0.510. The van der Waals surface area contributed by atoms with E-state index in [2.05, 4.69) is 59.5 Å². The van der Waals surface area contributed by atoms with Crippen LogP contribution in [0.2, 0.25) is 0 Å². The Labute approximate surface area is 191 Å². The number of nitrogens with two attached hydrogens (primary N) is 1. The third-order valence-electron chi connectivity index (χ3n) is 6.94. The lowest BCUT2D eigenvalue weighted by atomic mass is 9.81. The van der Waals surface area contributed by atoms with E-state index < -0.39 is 5.41 Å². The summed E-state index contributed by atoms with van der Waals surface area (Å²) in [5.41, 5.74) is 12.2. The molecule has 4 N–H and O–H groups in total. The van der Waals surface area contributed by atoms with E-state index >= 15 is 0 Å². The summed E-state index contributed by atoms with van der Waals surface area (Å²) in [6.07, 6.45) is 5.87. The Morgan fingerprint density at radius 3 is 2.69 bits per heavy atom. The van der Waals surface area contributed by atoms with Gasteiger partial charge in [-0.15, -0.1) is 0 Å². The minimum atomic E-state index is -0.630. The van der Waals surface area contributed by atoms with Crippen LogP contribution in [-0.4, -0.2) is 28.0 Å². The van der Waals surface area contributed by atoms with Crippen LogP contribution in [0, 0.1) is 6.92 Å². The summed E-state index contributed by atoms with van der Waals surface area (Å²) < 4.78 is 0. The zero-order valence-corrected chi connectivity index (χ0v) is 20.0. The molecular weight excluding hydrogens is 396 g/mol. The van der Waals surface area contributed by atoms with Gasteiger partial charge in [-0.05, 0) is 87.8 Å². The molecule has 1 aromatic carbocycles.